The summed E-state index contributed by atoms with van der Waals surface area (Å²) in [7, 11) is 0. The molecule has 1 saturated carbocycles. The molecule has 24 heavy (non-hydrogen) atoms. The number of guanidine groups is 1. The zero-order valence-corrected chi connectivity index (χ0v) is 16.5. The van der Waals surface area contributed by atoms with E-state index in [1.54, 1.807) is 12.1 Å². The van der Waals surface area contributed by atoms with Gasteiger partial charge in [0.1, 0.15) is 12.3 Å². The first-order valence-electron chi connectivity index (χ1n) is 8.54. The molecule has 1 aromatic heterocycles. The van der Waals surface area contributed by atoms with Crippen molar-refractivity contribution in [2.75, 3.05) is 19.6 Å². The second kappa shape index (κ2) is 8.22. The van der Waals surface area contributed by atoms with Crippen LogP contribution in [0.2, 0.25) is 0 Å². The van der Waals surface area contributed by atoms with Crippen molar-refractivity contribution in [3.05, 3.63) is 23.7 Å². The number of nitrogens with one attached hydrogen (secondary N) is 1. The third kappa shape index (κ3) is 4.23. The van der Waals surface area contributed by atoms with Crippen LogP contribution in [0.15, 0.2) is 21.5 Å². The maximum absolute atomic E-state index is 11.1. The van der Waals surface area contributed by atoms with Gasteiger partial charge in [-0.25, -0.2) is 4.99 Å². The van der Waals surface area contributed by atoms with Gasteiger partial charge < -0.3 is 20.4 Å². The minimum atomic E-state index is -0.546. The molecule has 0 unspecified atom stereocenters. The molecule has 1 aliphatic heterocycles. The van der Waals surface area contributed by atoms with Crippen LogP contribution < -0.4 is 11.1 Å². The fraction of sp³-hybridized carbons (Fsp3) is 0.647. The van der Waals surface area contributed by atoms with E-state index in [1.165, 1.54) is 32.1 Å². The molecule has 0 bridgehead atoms. The third-order valence-electron chi connectivity index (χ3n) is 5.03. The number of hydrogen-bond donors (Lipinski definition) is 2. The summed E-state index contributed by atoms with van der Waals surface area (Å²) < 4.78 is 5.40. The first kappa shape index (κ1) is 19.1. The lowest BCUT2D eigenvalue weighted by Crippen LogP contribution is -2.41. The van der Waals surface area contributed by atoms with Gasteiger partial charge in [-0.2, -0.15) is 0 Å². The Bertz CT molecular complexity index is 593. The van der Waals surface area contributed by atoms with E-state index < -0.39 is 5.91 Å². The van der Waals surface area contributed by atoms with Gasteiger partial charge in [-0.05, 0) is 43.7 Å². The van der Waals surface area contributed by atoms with Gasteiger partial charge >= 0.3 is 0 Å². The van der Waals surface area contributed by atoms with Crippen LogP contribution in [0.4, 0.5) is 0 Å². The normalized spacial score (nSPS) is 19.5. The van der Waals surface area contributed by atoms with Gasteiger partial charge in [-0.3, -0.25) is 4.79 Å². The molecule has 6 nitrogen and oxygen atoms in total. The molecule has 7 heteroatoms. The molecule has 3 rings (SSSR count). The molecule has 0 atom stereocenters. The molecule has 1 aromatic rings. The van der Waals surface area contributed by atoms with Gasteiger partial charge in [0.15, 0.2) is 11.7 Å². The summed E-state index contributed by atoms with van der Waals surface area (Å²) in [6, 6.07) is 3.36. The molecular weight excluding hydrogens is 419 g/mol. The lowest BCUT2D eigenvalue weighted by molar-refractivity contribution is 0.0972. The highest BCUT2D eigenvalue weighted by atomic mass is 127. The number of likely N-dealkylation sites (tertiary alicyclic amines) is 1. The van der Waals surface area contributed by atoms with Crippen LogP contribution in [-0.4, -0.2) is 36.4 Å². The fourth-order valence-corrected chi connectivity index (χ4v) is 3.82. The predicted octanol–water partition coefficient (Wildman–Crippen LogP) is 2.73. The Morgan fingerprint density at radius 2 is 2.12 bits per heavy atom. The van der Waals surface area contributed by atoms with E-state index in [9.17, 15) is 4.79 Å². The fourth-order valence-electron chi connectivity index (χ4n) is 3.82. The number of rotatable bonds is 4. The largest absolute Gasteiger partial charge is 0.454 e. The number of carbonyl (C=O) groups is 1. The highest BCUT2D eigenvalue weighted by Crippen LogP contribution is 2.45. The van der Waals surface area contributed by atoms with Crippen LogP contribution >= 0.6 is 24.0 Å². The number of amides is 1. The molecule has 0 radical (unpaired) electrons. The SMILES string of the molecule is CCNC(=NCc1ccc(C(N)=O)o1)N1CCC2(CCCC2)C1.I. The molecular formula is C17H27IN4O2. The number of hydrogen-bond acceptors (Lipinski definition) is 3. The molecule has 2 heterocycles. The Morgan fingerprint density at radius 1 is 1.38 bits per heavy atom. The second-order valence-electron chi connectivity index (χ2n) is 6.68. The van der Waals surface area contributed by atoms with Gasteiger partial charge in [0.25, 0.3) is 5.91 Å². The monoisotopic (exact) mass is 446 g/mol. The minimum absolute atomic E-state index is 0. The van der Waals surface area contributed by atoms with Crippen LogP contribution in [0.3, 0.4) is 0 Å². The van der Waals surface area contributed by atoms with Crippen molar-refractivity contribution < 1.29 is 9.21 Å². The van der Waals surface area contributed by atoms with Crippen LogP contribution in [0, 0.1) is 5.41 Å². The summed E-state index contributed by atoms with van der Waals surface area (Å²) >= 11 is 0. The van der Waals surface area contributed by atoms with Gasteiger partial charge in [0, 0.05) is 19.6 Å². The molecule has 2 aliphatic rings. The number of aliphatic imine (C=N–C) groups is 1. The molecule has 1 amide bonds. The highest BCUT2D eigenvalue weighted by Gasteiger charge is 2.41. The van der Waals surface area contributed by atoms with Gasteiger partial charge in [-0.1, -0.05) is 12.8 Å². The number of nitrogens with two attached hydrogens (primary N) is 1. The highest BCUT2D eigenvalue weighted by molar-refractivity contribution is 14.0. The van der Waals surface area contributed by atoms with Crippen molar-refractivity contribution >= 4 is 35.8 Å². The van der Waals surface area contributed by atoms with E-state index in [-0.39, 0.29) is 29.7 Å². The minimum Gasteiger partial charge on any atom is -0.454 e. The van der Waals surface area contributed by atoms with Gasteiger partial charge in [0.05, 0.1) is 0 Å². The lowest BCUT2D eigenvalue weighted by atomic mass is 9.86. The van der Waals surface area contributed by atoms with Crippen LogP contribution in [0.25, 0.3) is 0 Å². The quantitative estimate of drug-likeness (QED) is 0.423. The van der Waals surface area contributed by atoms with Crippen LogP contribution in [-0.2, 0) is 6.54 Å². The third-order valence-corrected chi connectivity index (χ3v) is 5.03. The maximum atomic E-state index is 11.1. The molecule has 0 aromatic carbocycles. The second-order valence-corrected chi connectivity index (χ2v) is 6.68. The van der Waals surface area contributed by atoms with Crippen LogP contribution in [0.5, 0.6) is 0 Å². The first-order valence-corrected chi connectivity index (χ1v) is 8.54. The van der Waals surface area contributed by atoms with E-state index in [1.807, 2.05) is 0 Å². The van der Waals surface area contributed by atoms with E-state index in [0.29, 0.717) is 17.7 Å². The average Bonchev–Trinajstić information content (AvgIpc) is 3.26. The molecule has 1 spiro atoms. The van der Waals surface area contributed by atoms with E-state index in [4.69, 9.17) is 10.2 Å². The Balaban J connectivity index is 0.00000208. The Morgan fingerprint density at radius 3 is 2.75 bits per heavy atom. The van der Waals surface area contributed by atoms with E-state index in [0.717, 1.165) is 25.6 Å². The summed E-state index contributed by atoms with van der Waals surface area (Å²) in [5.74, 6) is 1.23. The van der Waals surface area contributed by atoms with E-state index >= 15 is 0 Å². The zero-order valence-electron chi connectivity index (χ0n) is 14.2. The smallest absolute Gasteiger partial charge is 0.284 e. The van der Waals surface area contributed by atoms with Crippen LogP contribution in [0.1, 0.15) is 55.3 Å². The van der Waals surface area contributed by atoms with Gasteiger partial charge in [-0.15, -0.1) is 24.0 Å². The van der Waals surface area contributed by atoms with E-state index in [2.05, 4.69) is 22.1 Å². The van der Waals surface area contributed by atoms with Crippen molar-refractivity contribution in [1.29, 1.82) is 0 Å². The number of nitrogens with zero attached hydrogens (tertiary/aromatic N) is 2. The Kier molecular flexibility index (Phi) is 6.54. The maximum Gasteiger partial charge on any atom is 0.284 e. The molecule has 3 N–H and O–H groups in total. The first-order chi connectivity index (χ1) is 11.1. The lowest BCUT2D eigenvalue weighted by Gasteiger charge is -2.25. The number of primary amides is 1. The average molecular weight is 446 g/mol. The van der Waals surface area contributed by atoms with Crippen molar-refractivity contribution in [3.8, 4) is 0 Å². The van der Waals surface area contributed by atoms with Crippen molar-refractivity contribution in [2.24, 2.45) is 16.1 Å². The number of carbonyl (C=O) groups excluding carboxylic acids is 1. The van der Waals surface area contributed by atoms with Crippen molar-refractivity contribution in [2.45, 2.75) is 45.6 Å². The summed E-state index contributed by atoms with van der Waals surface area (Å²) in [4.78, 5) is 18.1. The topological polar surface area (TPSA) is 83.9 Å². The predicted molar refractivity (Wildman–Crippen MR) is 105 cm³/mol. The Hall–Kier alpha value is -1.25. The zero-order chi connectivity index (χ0) is 16.3. The summed E-state index contributed by atoms with van der Waals surface area (Å²) in [5, 5.41) is 3.37. The molecule has 134 valence electrons. The summed E-state index contributed by atoms with van der Waals surface area (Å²) in [5.41, 5.74) is 5.72. The number of halogens is 1. The summed E-state index contributed by atoms with van der Waals surface area (Å²) in [6.45, 7) is 5.50. The van der Waals surface area contributed by atoms with Crippen molar-refractivity contribution in [3.63, 3.8) is 0 Å². The van der Waals surface area contributed by atoms with Crippen molar-refractivity contribution in [1.82, 2.24) is 10.2 Å². The Labute approximate surface area is 160 Å². The molecule has 1 saturated heterocycles. The molecule has 1 aliphatic carbocycles. The standard InChI is InChI=1S/C17H26N4O2.HI/c1-2-19-16(20-11-13-5-6-14(23-13)15(18)22)21-10-9-17(12-21)7-3-4-8-17;/h5-6H,2-4,7-12H2,1H3,(H2,18,22)(H,19,20);1H. The molecule has 2 fully saturated rings. The van der Waals surface area contributed by atoms with Gasteiger partial charge in [0.2, 0.25) is 0 Å². The summed E-state index contributed by atoms with van der Waals surface area (Å²) in [6.07, 6.45) is 6.70. The number of furan rings is 1.